The Labute approximate surface area is 177 Å². The molecular weight excluding hydrogens is 382 g/mol. The van der Waals surface area contributed by atoms with Crippen LogP contribution in [0.15, 0.2) is 48.5 Å². The van der Waals surface area contributed by atoms with Gasteiger partial charge in [-0.1, -0.05) is 32.0 Å². The monoisotopic (exact) mass is 409 g/mol. The first-order valence-corrected chi connectivity index (χ1v) is 10.5. The summed E-state index contributed by atoms with van der Waals surface area (Å²) < 4.78 is 0. The van der Waals surface area contributed by atoms with E-state index in [0.29, 0.717) is 22.7 Å². The molecule has 5 nitrogen and oxygen atoms in total. The zero-order valence-corrected chi connectivity index (χ0v) is 17.7. The number of nitrogens with zero attached hydrogens (tertiary/aromatic N) is 1. The van der Waals surface area contributed by atoms with Crippen LogP contribution in [0.2, 0.25) is 0 Å². The summed E-state index contributed by atoms with van der Waals surface area (Å²) >= 11 is 5.28. The molecule has 1 heterocycles. The lowest BCUT2D eigenvalue weighted by molar-refractivity contribution is 0.0724. The third kappa shape index (κ3) is 5.64. The van der Waals surface area contributed by atoms with Crippen LogP contribution in [0.4, 0.5) is 5.69 Å². The van der Waals surface area contributed by atoms with Gasteiger partial charge in [0.05, 0.1) is 0 Å². The van der Waals surface area contributed by atoms with Crippen molar-refractivity contribution in [2.24, 2.45) is 0 Å². The molecule has 1 aliphatic heterocycles. The maximum absolute atomic E-state index is 12.7. The first-order chi connectivity index (χ1) is 13.9. The summed E-state index contributed by atoms with van der Waals surface area (Å²) in [5.74, 6) is 0.182. The Bertz CT molecular complexity index is 887. The van der Waals surface area contributed by atoms with Gasteiger partial charge < -0.3 is 10.2 Å². The molecule has 0 spiro atoms. The van der Waals surface area contributed by atoms with E-state index in [0.717, 1.165) is 25.9 Å². The lowest BCUT2D eigenvalue weighted by Gasteiger charge is -2.26. The summed E-state index contributed by atoms with van der Waals surface area (Å²) in [6, 6.07) is 14.7. The van der Waals surface area contributed by atoms with Crippen LogP contribution in [0, 0.1) is 0 Å². The van der Waals surface area contributed by atoms with Crippen molar-refractivity contribution < 1.29 is 9.59 Å². The zero-order chi connectivity index (χ0) is 20.8. The number of hydrogen-bond donors (Lipinski definition) is 2. The summed E-state index contributed by atoms with van der Waals surface area (Å²) in [6.07, 6.45) is 3.29. The lowest BCUT2D eigenvalue weighted by atomic mass is 10.0. The van der Waals surface area contributed by atoms with E-state index < -0.39 is 0 Å². The molecule has 2 aromatic rings. The van der Waals surface area contributed by atoms with Crippen molar-refractivity contribution in [3.05, 3.63) is 65.2 Å². The average molecular weight is 410 g/mol. The first kappa shape index (κ1) is 21.0. The molecular formula is C23H27N3O2S. The molecule has 3 rings (SSSR count). The number of hydrogen-bond acceptors (Lipinski definition) is 3. The van der Waals surface area contributed by atoms with Crippen molar-refractivity contribution in [2.75, 3.05) is 18.4 Å². The van der Waals surface area contributed by atoms with Crippen LogP contribution >= 0.6 is 12.2 Å². The molecule has 0 atom stereocenters. The first-order valence-electron chi connectivity index (χ1n) is 10.1. The van der Waals surface area contributed by atoms with Crippen LogP contribution in [0.3, 0.4) is 0 Å². The summed E-state index contributed by atoms with van der Waals surface area (Å²) in [6.45, 7) is 5.83. The van der Waals surface area contributed by atoms with Crippen molar-refractivity contribution in [2.45, 2.75) is 39.0 Å². The molecule has 0 saturated carbocycles. The van der Waals surface area contributed by atoms with Gasteiger partial charge in [0.25, 0.3) is 11.8 Å². The Kier molecular flexibility index (Phi) is 6.99. The van der Waals surface area contributed by atoms with Gasteiger partial charge in [0.1, 0.15) is 0 Å². The summed E-state index contributed by atoms with van der Waals surface area (Å²) in [5, 5.41) is 5.89. The number of rotatable bonds is 4. The minimum atomic E-state index is -0.265. The fourth-order valence-electron chi connectivity index (χ4n) is 3.37. The van der Waals surface area contributed by atoms with Gasteiger partial charge in [-0.3, -0.25) is 14.9 Å². The third-order valence-corrected chi connectivity index (χ3v) is 5.28. The summed E-state index contributed by atoms with van der Waals surface area (Å²) in [5.41, 5.74) is 3.02. The van der Waals surface area contributed by atoms with Gasteiger partial charge in [-0.05, 0) is 73.3 Å². The molecule has 152 valence electrons. The van der Waals surface area contributed by atoms with Gasteiger partial charge in [0, 0.05) is 29.9 Å². The molecule has 2 aromatic carbocycles. The fourth-order valence-corrected chi connectivity index (χ4v) is 3.58. The van der Waals surface area contributed by atoms with Crippen LogP contribution in [0.25, 0.3) is 0 Å². The van der Waals surface area contributed by atoms with E-state index in [2.05, 4.69) is 24.5 Å². The van der Waals surface area contributed by atoms with Gasteiger partial charge in [-0.15, -0.1) is 0 Å². The number of nitrogens with one attached hydrogen (secondary N) is 2. The molecule has 0 aliphatic carbocycles. The fraction of sp³-hybridized carbons (Fsp3) is 0.348. The minimum Gasteiger partial charge on any atom is -0.339 e. The number of anilines is 1. The quantitative estimate of drug-likeness (QED) is 0.727. The Balaban J connectivity index is 1.60. The normalized spacial score (nSPS) is 13.8. The van der Waals surface area contributed by atoms with Crippen LogP contribution in [0.1, 0.15) is 65.3 Å². The van der Waals surface area contributed by atoms with Crippen LogP contribution in [-0.2, 0) is 0 Å². The molecule has 0 bridgehead atoms. The molecule has 1 saturated heterocycles. The maximum Gasteiger partial charge on any atom is 0.257 e. The van der Waals surface area contributed by atoms with Crippen molar-refractivity contribution in [1.29, 1.82) is 0 Å². The van der Waals surface area contributed by atoms with Gasteiger partial charge in [-0.25, -0.2) is 0 Å². The SMILES string of the molecule is CC(C)c1ccc(C(=O)NC(=S)Nc2cccc(C(=O)N3CCCCC3)c2)cc1. The number of carbonyl (C=O) groups excluding carboxylic acids is 2. The number of benzene rings is 2. The van der Waals surface area contributed by atoms with E-state index in [4.69, 9.17) is 12.2 Å². The van der Waals surface area contributed by atoms with Gasteiger partial charge in [0.15, 0.2) is 5.11 Å². The highest BCUT2D eigenvalue weighted by atomic mass is 32.1. The number of carbonyl (C=O) groups is 2. The highest BCUT2D eigenvalue weighted by Gasteiger charge is 2.18. The molecule has 0 aromatic heterocycles. The van der Waals surface area contributed by atoms with Gasteiger partial charge >= 0.3 is 0 Å². The minimum absolute atomic E-state index is 0.0357. The van der Waals surface area contributed by atoms with Crippen molar-refractivity contribution >= 4 is 34.8 Å². The number of piperidine rings is 1. The Hall–Kier alpha value is -2.73. The highest BCUT2D eigenvalue weighted by molar-refractivity contribution is 7.80. The van der Waals surface area contributed by atoms with Crippen molar-refractivity contribution in [3.63, 3.8) is 0 Å². The molecule has 0 radical (unpaired) electrons. The van der Waals surface area contributed by atoms with E-state index in [9.17, 15) is 9.59 Å². The second-order valence-electron chi connectivity index (χ2n) is 7.62. The smallest absolute Gasteiger partial charge is 0.257 e. The topological polar surface area (TPSA) is 61.4 Å². The van der Waals surface area contributed by atoms with Gasteiger partial charge in [0.2, 0.25) is 0 Å². The highest BCUT2D eigenvalue weighted by Crippen LogP contribution is 2.17. The predicted octanol–water partition coefficient (Wildman–Crippen LogP) is 4.56. The largest absolute Gasteiger partial charge is 0.339 e. The third-order valence-electron chi connectivity index (χ3n) is 5.08. The van der Waals surface area contributed by atoms with E-state index in [1.165, 1.54) is 12.0 Å². The molecule has 1 fully saturated rings. The number of amides is 2. The van der Waals surface area contributed by atoms with E-state index >= 15 is 0 Å². The number of thiocarbonyl (C=S) groups is 1. The standard InChI is InChI=1S/C23H27N3O2S/c1-16(2)17-9-11-18(12-10-17)21(27)25-23(29)24-20-8-6-7-19(15-20)22(28)26-13-4-3-5-14-26/h6-12,15-16H,3-5,13-14H2,1-2H3,(H2,24,25,27,29). The molecule has 0 unspecified atom stereocenters. The molecule has 1 aliphatic rings. The van der Waals surface area contributed by atoms with E-state index in [-0.39, 0.29) is 16.9 Å². The molecule has 2 amide bonds. The molecule has 2 N–H and O–H groups in total. The van der Waals surface area contributed by atoms with Crippen molar-refractivity contribution in [3.8, 4) is 0 Å². The second kappa shape index (κ2) is 9.65. The average Bonchev–Trinajstić information content (AvgIpc) is 2.74. The Morgan fingerprint density at radius 1 is 0.966 bits per heavy atom. The predicted molar refractivity (Wildman–Crippen MR) is 120 cm³/mol. The maximum atomic E-state index is 12.7. The summed E-state index contributed by atoms with van der Waals surface area (Å²) in [7, 11) is 0. The van der Waals surface area contributed by atoms with Crippen LogP contribution in [-0.4, -0.2) is 34.9 Å². The molecule has 29 heavy (non-hydrogen) atoms. The van der Waals surface area contributed by atoms with Crippen LogP contribution < -0.4 is 10.6 Å². The zero-order valence-electron chi connectivity index (χ0n) is 16.9. The van der Waals surface area contributed by atoms with Crippen LogP contribution in [0.5, 0.6) is 0 Å². The lowest BCUT2D eigenvalue weighted by Crippen LogP contribution is -2.36. The van der Waals surface area contributed by atoms with E-state index in [1.54, 1.807) is 24.3 Å². The number of likely N-dealkylation sites (tertiary alicyclic amines) is 1. The molecule has 6 heteroatoms. The van der Waals surface area contributed by atoms with E-state index in [1.807, 2.05) is 29.2 Å². The second-order valence-corrected chi connectivity index (χ2v) is 8.03. The Morgan fingerprint density at radius 3 is 2.31 bits per heavy atom. The summed E-state index contributed by atoms with van der Waals surface area (Å²) in [4.78, 5) is 27.0. The van der Waals surface area contributed by atoms with Gasteiger partial charge in [-0.2, -0.15) is 0 Å². The Morgan fingerprint density at radius 2 is 1.66 bits per heavy atom. The van der Waals surface area contributed by atoms with Crippen molar-refractivity contribution in [1.82, 2.24) is 10.2 Å².